The molecule has 3 rings (SSSR count). The molecule has 0 radical (unpaired) electrons. The number of para-hydroxylation sites is 1. The molecule has 0 amide bonds. The van der Waals surface area contributed by atoms with Crippen molar-refractivity contribution in [3.05, 3.63) is 59.7 Å². The zero-order chi connectivity index (χ0) is 16.3. The highest BCUT2D eigenvalue weighted by Crippen LogP contribution is 2.46. The van der Waals surface area contributed by atoms with Gasteiger partial charge in [0.2, 0.25) is 0 Å². The average Bonchev–Trinajstić information content (AvgIpc) is 2.56. The Morgan fingerprint density at radius 3 is 2.39 bits per heavy atom. The summed E-state index contributed by atoms with van der Waals surface area (Å²) in [5, 5.41) is 0.374. The van der Waals surface area contributed by atoms with Crippen LogP contribution in [-0.4, -0.2) is 4.89 Å². The van der Waals surface area contributed by atoms with Gasteiger partial charge in [0.15, 0.2) is 0 Å². The summed E-state index contributed by atoms with van der Waals surface area (Å²) in [7, 11) is -3.88. The molecule has 0 spiro atoms. The Kier molecular flexibility index (Phi) is 4.89. The third kappa shape index (κ3) is 3.68. The summed E-state index contributed by atoms with van der Waals surface area (Å²) in [4.78, 5) is 10.5. The molecule has 0 heterocycles. The maximum Gasteiger partial charge on any atom is 0.408 e. The van der Waals surface area contributed by atoms with E-state index in [1.807, 2.05) is 43.3 Å². The van der Waals surface area contributed by atoms with Crippen molar-refractivity contribution < 1.29 is 14.0 Å². The Morgan fingerprint density at radius 2 is 1.65 bits per heavy atom. The molecular weight excluding hydrogens is 307 g/mol. The highest BCUT2D eigenvalue weighted by Gasteiger charge is 2.28. The van der Waals surface area contributed by atoms with E-state index in [0.717, 1.165) is 24.0 Å². The van der Waals surface area contributed by atoms with Crippen molar-refractivity contribution in [2.75, 3.05) is 0 Å². The molecule has 23 heavy (non-hydrogen) atoms. The zero-order valence-electron chi connectivity index (χ0n) is 13.4. The second-order valence-corrected chi connectivity index (χ2v) is 7.98. The fourth-order valence-electron chi connectivity index (χ4n) is 3.38. The minimum atomic E-state index is -3.88. The van der Waals surface area contributed by atoms with Crippen molar-refractivity contribution in [1.29, 1.82) is 0 Å². The topological polar surface area (TPSA) is 46.5 Å². The van der Waals surface area contributed by atoms with Crippen LogP contribution < -0.4 is 9.83 Å². The molecule has 3 nitrogen and oxygen atoms in total. The molecule has 0 aliphatic heterocycles. The van der Waals surface area contributed by atoms with Gasteiger partial charge in [-0.05, 0) is 48.9 Å². The van der Waals surface area contributed by atoms with E-state index in [9.17, 15) is 9.46 Å². The minimum Gasteiger partial charge on any atom is -0.421 e. The molecule has 1 saturated carbocycles. The lowest BCUT2D eigenvalue weighted by molar-refractivity contribution is 0.383. The van der Waals surface area contributed by atoms with Crippen LogP contribution in [0.3, 0.4) is 0 Å². The normalized spacial score (nSPS) is 18.3. The first kappa shape index (κ1) is 16.3. The smallest absolute Gasteiger partial charge is 0.408 e. The molecule has 4 heteroatoms. The lowest BCUT2D eigenvalue weighted by Gasteiger charge is -2.25. The van der Waals surface area contributed by atoms with E-state index >= 15 is 0 Å². The van der Waals surface area contributed by atoms with Crippen LogP contribution in [0.2, 0.25) is 0 Å². The quantitative estimate of drug-likeness (QED) is 0.808. The predicted molar refractivity (Wildman–Crippen MR) is 93.5 cm³/mol. The van der Waals surface area contributed by atoms with E-state index in [1.165, 1.54) is 19.3 Å². The van der Waals surface area contributed by atoms with E-state index in [4.69, 9.17) is 4.52 Å². The standard InChI is InChI=1S/C19H23O3P/c1-15-9-5-8-14-19(15)23(20,21)22-18-13-7-6-12-17(18)16-10-3-2-4-11-16/h5-9,12-14,16H,2-4,10-11H2,1H3,(H,20,21). The van der Waals surface area contributed by atoms with E-state index in [0.29, 0.717) is 17.0 Å². The fraction of sp³-hybridized carbons (Fsp3) is 0.368. The number of hydrogen-bond donors (Lipinski definition) is 1. The molecule has 1 fully saturated rings. The summed E-state index contributed by atoms with van der Waals surface area (Å²) < 4.78 is 18.4. The van der Waals surface area contributed by atoms with Crippen LogP contribution >= 0.6 is 7.60 Å². The average molecular weight is 330 g/mol. The van der Waals surface area contributed by atoms with Gasteiger partial charge in [-0.25, -0.2) is 4.57 Å². The van der Waals surface area contributed by atoms with Crippen LogP contribution in [0.15, 0.2) is 48.5 Å². The largest absolute Gasteiger partial charge is 0.421 e. The van der Waals surface area contributed by atoms with Crippen molar-refractivity contribution in [3.8, 4) is 5.75 Å². The fourth-order valence-corrected chi connectivity index (χ4v) is 4.70. The van der Waals surface area contributed by atoms with Gasteiger partial charge < -0.3 is 9.42 Å². The van der Waals surface area contributed by atoms with Crippen molar-refractivity contribution in [2.24, 2.45) is 0 Å². The first-order valence-corrected chi connectivity index (χ1v) is 9.83. The highest BCUT2D eigenvalue weighted by atomic mass is 31.2. The summed E-state index contributed by atoms with van der Waals surface area (Å²) in [6.07, 6.45) is 5.96. The molecule has 2 aromatic carbocycles. The van der Waals surface area contributed by atoms with E-state index in [-0.39, 0.29) is 0 Å². The monoisotopic (exact) mass is 330 g/mol. The number of benzene rings is 2. The number of aryl methyl sites for hydroxylation is 1. The van der Waals surface area contributed by atoms with E-state index in [2.05, 4.69) is 0 Å². The van der Waals surface area contributed by atoms with Gasteiger partial charge in [-0.15, -0.1) is 0 Å². The molecule has 1 N–H and O–H groups in total. The van der Waals surface area contributed by atoms with Gasteiger partial charge in [-0.1, -0.05) is 55.7 Å². The van der Waals surface area contributed by atoms with E-state index < -0.39 is 7.60 Å². The first-order chi connectivity index (χ1) is 11.1. The molecule has 0 saturated heterocycles. The van der Waals surface area contributed by atoms with Gasteiger partial charge in [-0.3, -0.25) is 0 Å². The molecule has 0 aromatic heterocycles. The van der Waals surface area contributed by atoms with Crippen molar-refractivity contribution in [1.82, 2.24) is 0 Å². The molecule has 1 aliphatic carbocycles. The molecule has 1 atom stereocenters. The van der Waals surface area contributed by atoms with Crippen LogP contribution in [0.1, 0.15) is 49.1 Å². The van der Waals surface area contributed by atoms with Crippen LogP contribution in [0.5, 0.6) is 5.75 Å². The van der Waals surface area contributed by atoms with Crippen molar-refractivity contribution in [2.45, 2.75) is 44.9 Å². The van der Waals surface area contributed by atoms with Crippen molar-refractivity contribution >= 4 is 12.9 Å². The molecular formula is C19H23O3P. The highest BCUT2D eigenvalue weighted by molar-refractivity contribution is 7.61. The second-order valence-electron chi connectivity index (χ2n) is 6.27. The predicted octanol–water partition coefficient (Wildman–Crippen LogP) is 4.93. The maximum atomic E-state index is 12.8. The Hall–Kier alpha value is -1.57. The van der Waals surface area contributed by atoms with Crippen LogP contribution in [-0.2, 0) is 4.57 Å². The van der Waals surface area contributed by atoms with Crippen LogP contribution in [0.25, 0.3) is 0 Å². The van der Waals surface area contributed by atoms with Crippen LogP contribution in [0, 0.1) is 6.92 Å². The Labute approximate surface area is 137 Å². The molecule has 2 aromatic rings. The molecule has 1 unspecified atom stereocenters. The zero-order valence-corrected chi connectivity index (χ0v) is 14.3. The van der Waals surface area contributed by atoms with Gasteiger partial charge in [0.25, 0.3) is 0 Å². The van der Waals surface area contributed by atoms with E-state index in [1.54, 1.807) is 12.1 Å². The summed E-state index contributed by atoms with van der Waals surface area (Å²) >= 11 is 0. The molecule has 1 aliphatic rings. The third-order valence-corrected chi connectivity index (χ3v) is 6.16. The van der Waals surface area contributed by atoms with Gasteiger partial charge in [-0.2, -0.15) is 0 Å². The summed E-state index contributed by atoms with van der Waals surface area (Å²) in [6.45, 7) is 1.83. The van der Waals surface area contributed by atoms with Crippen LogP contribution in [0.4, 0.5) is 0 Å². The minimum absolute atomic E-state index is 0.374. The van der Waals surface area contributed by atoms with Gasteiger partial charge in [0, 0.05) is 0 Å². The second kappa shape index (κ2) is 6.90. The SMILES string of the molecule is Cc1ccccc1P(=O)(O)Oc1ccccc1C1CCCCC1. The first-order valence-electron chi connectivity index (χ1n) is 8.25. The summed E-state index contributed by atoms with van der Waals surface area (Å²) in [5.41, 5.74) is 1.84. The van der Waals surface area contributed by atoms with Gasteiger partial charge >= 0.3 is 7.60 Å². The Balaban J connectivity index is 1.91. The van der Waals surface area contributed by atoms with Gasteiger partial charge in [0.05, 0.1) is 5.30 Å². The Morgan fingerprint density at radius 1 is 1.00 bits per heavy atom. The number of rotatable bonds is 4. The van der Waals surface area contributed by atoms with Crippen molar-refractivity contribution in [3.63, 3.8) is 0 Å². The molecule has 0 bridgehead atoms. The van der Waals surface area contributed by atoms with Gasteiger partial charge in [0.1, 0.15) is 5.75 Å². The lowest BCUT2D eigenvalue weighted by atomic mass is 9.84. The third-order valence-electron chi connectivity index (χ3n) is 4.61. The lowest BCUT2D eigenvalue weighted by Crippen LogP contribution is -2.14. The molecule has 122 valence electrons. The summed E-state index contributed by atoms with van der Waals surface area (Å²) in [5.74, 6) is 0.977. The maximum absolute atomic E-state index is 12.8. The summed E-state index contributed by atoms with van der Waals surface area (Å²) in [6, 6.07) is 14.8. The Bertz CT molecular complexity index is 720. The number of hydrogen-bond acceptors (Lipinski definition) is 2.